The zero-order valence-electron chi connectivity index (χ0n) is 8.73. The van der Waals surface area contributed by atoms with E-state index in [-0.39, 0.29) is 5.54 Å². The van der Waals surface area contributed by atoms with Crippen LogP contribution in [0.3, 0.4) is 0 Å². The molecule has 0 aliphatic rings. The maximum absolute atomic E-state index is 3.51. The highest BCUT2D eigenvalue weighted by molar-refractivity contribution is 4.76. The fraction of sp³-hybridized carbons (Fsp3) is 1.00. The van der Waals surface area contributed by atoms with Crippen molar-refractivity contribution < 1.29 is 0 Å². The number of nitrogens with one attached hydrogen (secondary N) is 1. The van der Waals surface area contributed by atoms with E-state index < -0.39 is 0 Å². The number of nitrogens with zero attached hydrogens (tertiary/aromatic N) is 1. The third kappa shape index (κ3) is 7.82. The van der Waals surface area contributed by atoms with Gasteiger partial charge in [0.25, 0.3) is 0 Å². The van der Waals surface area contributed by atoms with Crippen LogP contribution in [0.25, 0.3) is 0 Å². The van der Waals surface area contributed by atoms with Crippen LogP contribution in [-0.4, -0.2) is 37.1 Å². The second-order valence-electron chi connectivity index (χ2n) is 4.56. The summed E-state index contributed by atoms with van der Waals surface area (Å²) in [5, 5.41) is 3.51. The molecule has 0 spiro atoms. The van der Waals surface area contributed by atoms with Crippen molar-refractivity contribution in [2.24, 2.45) is 0 Å². The fourth-order valence-electron chi connectivity index (χ4n) is 1.33. The smallest absolute Gasteiger partial charge is 0.0171 e. The minimum absolute atomic E-state index is 0.232. The van der Waals surface area contributed by atoms with E-state index >= 15 is 0 Å². The molecular weight excluding hydrogens is 136 g/mol. The third-order valence-electron chi connectivity index (χ3n) is 1.32. The van der Waals surface area contributed by atoms with Crippen molar-refractivity contribution in [1.82, 2.24) is 10.2 Å². The van der Waals surface area contributed by atoms with E-state index in [9.17, 15) is 0 Å². The second kappa shape index (κ2) is 4.07. The lowest BCUT2D eigenvalue weighted by Crippen LogP contribution is -2.46. The molecule has 0 radical (unpaired) electrons. The Bertz CT molecular complexity index is 103. The Kier molecular flexibility index (Phi) is 4.04. The predicted octanol–water partition coefficient (Wildman–Crippen LogP) is 1.32. The van der Waals surface area contributed by atoms with Gasteiger partial charge in [0, 0.05) is 18.1 Å². The molecule has 11 heavy (non-hydrogen) atoms. The summed E-state index contributed by atoms with van der Waals surface area (Å²) in [4.78, 5) is 2.20. The van der Waals surface area contributed by atoms with Gasteiger partial charge < -0.3 is 10.2 Å². The van der Waals surface area contributed by atoms with Crippen molar-refractivity contribution in [3.63, 3.8) is 0 Å². The largest absolute Gasteiger partial charge is 0.308 e. The summed E-state index contributed by atoms with van der Waals surface area (Å²) in [5.74, 6) is 0. The van der Waals surface area contributed by atoms with Gasteiger partial charge in [0.05, 0.1) is 0 Å². The van der Waals surface area contributed by atoms with Gasteiger partial charge in [0.1, 0.15) is 0 Å². The molecule has 0 aliphatic heterocycles. The molecule has 0 saturated heterocycles. The monoisotopic (exact) mass is 158 g/mol. The molecule has 1 unspecified atom stereocenters. The predicted molar refractivity (Wildman–Crippen MR) is 50.9 cm³/mol. The van der Waals surface area contributed by atoms with Crippen molar-refractivity contribution in [3.05, 3.63) is 0 Å². The molecule has 1 N–H and O–H groups in total. The number of hydrogen-bond donors (Lipinski definition) is 1. The molecule has 0 heterocycles. The summed E-state index contributed by atoms with van der Waals surface area (Å²) in [5.41, 5.74) is 0.232. The van der Waals surface area contributed by atoms with Crippen LogP contribution >= 0.6 is 0 Å². The van der Waals surface area contributed by atoms with Crippen LogP contribution in [0, 0.1) is 0 Å². The lowest BCUT2D eigenvalue weighted by Gasteiger charge is -2.27. The normalized spacial score (nSPS) is 15.5. The van der Waals surface area contributed by atoms with Crippen LogP contribution in [-0.2, 0) is 0 Å². The summed E-state index contributed by atoms with van der Waals surface area (Å²) in [7, 11) is 4.20. The Labute approximate surface area is 71.0 Å². The van der Waals surface area contributed by atoms with Crippen molar-refractivity contribution in [2.75, 3.05) is 20.6 Å². The first kappa shape index (κ1) is 10.9. The molecule has 2 nitrogen and oxygen atoms in total. The number of rotatable bonds is 3. The van der Waals surface area contributed by atoms with E-state index in [1.807, 2.05) is 0 Å². The van der Waals surface area contributed by atoms with Crippen molar-refractivity contribution in [1.29, 1.82) is 0 Å². The SMILES string of the molecule is CC(CN(C)C)NC(C)(C)C. The Balaban J connectivity index is 3.61. The van der Waals surface area contributed by atoms with Crippen LogP contribution < -0.4 is 5.32 Å². The average molecular weight is 158 g/mol. The topological polar surface area (TPSA) is 15.3 Å². The summed E-state index contributed by atoms with van der Waals surface area (Å²) >= 11 is 0. The minimum atomic E-state index is 0.232. The van der Waals surface area contributed by atoms with Crippen LogP contribution in [0.2, 0.25) is 0 Å². The summed E-state index contributed by atoms with van der Waals surface area (Å²) in [6.45, 7) is 9.89. The molecule has 0 aromatic heterocycles. The van der Waals surface area contributed by atoms with Crippen LogP contribution in [0.4, 0.5) is 0 Å². The van der Waals surface area contributed by atoms with E-state index in [4.69, 9.17) is 0 Å². The van der Waals surface area contributed by atoms with E-state index in [1.165, 1.54) is 0 Å². The quantitative estimate of drug-likeness (QED) is 0.666. The number of likely N-dealkylation sites (N-methyl/N-ethyl adjacent to an activating group) is 1. The Hall–Kier alpha value is -0.0800. The summed E-state index contributed by atoms with van der Waals surface area (Å²) in [6.07, 6.45) is 0. The number of hydrogen-bond acceptors (Lipinski definition) is 2. The summed E-state index contributed by atoms with van der Waals surface area (Å²) in [6, 6.07) is 0.560. The molecule has 0 aliphatic carbocycles. The standard InChI is InChI=1S/C9H22N2/c1-8(7-11(5)6)10-9(2,3)4/h8,10H,7H2,1-6H3. The first-order chi connectivity index (χ1) is 4.81. The van der Waals surface area contributed by atoms with E-state index in [1.54, 1.807) is 0 Å². The minimum Gasteiger partial charge on any atom is -0.308 e. The molecule has 0 fully saturated rings. The molecule has 0 saturated carbocycles. The lowest BCUT2D eigenvalue weighted by molar-refractivity contribution is 0.298. The third-order valence-corrected chi connectivity index (χ3v) is 1.32. The highest BCUT2D eigenvalue weighted by Gasteiger charge is 2.13. The van der Waals surface area contributed by atoms with Crippen molar-refractivity contribution in [2.45, 2.75) is 39.3 Å². The molecule has 0 bridgehead atoms. The van der Waals surface area contributed by atoms with Gasteiger partial charge in [-0.2, -0.15) is 0 Å². The van der Waals surface area contributed by atoms with Crippen molar-refractivity contribution in [3.8, 4) is 0 Å². The van der Waals surface area contributed by atoms with Gasteiger partial charge in [0.15, 0.2) is 0 Å². The van der Waals surface area contributed by atoms with Gasteiger partial charge in [-0.05, 0) is 41.8 Å². The molecule has 2 heteroatoms. The molecule has 68 valence electrons. The molecular formula is C9H22N2. The van der Waals surface area contributed by atoms with Gasteiger partial charge in [-0.3, -0.25) is 0 Å². The average Bonchev–Trinajstić information content (AvgIpc) is 1.53. The molecule has 0 rings (SSSR count). The van der Waals surface area contributed by atoms with Gasteiger partial charge in [-0.25, -0.2) is 0 Å². The van der Waals surface area contributed by atoms with Crippen LogP contribution in [0.5, 0.6) is 0 Å². The Morgan fingerprint density at radius 1 is 1.27 bits per heavy atom. The highest BCUT2D eigenvalue weighted by atomic mass is 15.1. The lowest BCUT2D eigenvalue weighted by atomic mass is 10.1. The Morgan fingerprint density at radius 3 is 2.00 bits per heavy atom. The zero-order valence-corrected chi connectivity index (χ0v) is 8.73. The van der Waals surface area contributed by atoms with Crippen LogP contribution in [0.1, 0.15) is 27.7 Å². The molecule has 0 amide bonds. The van der Waals surface area contributed by atoms with Gasteiger partial charge in [-0.1, -0.05) is 0 Å². The highest BCUT2D eigenvalue weighted by Crippen LogP contribution is 2.00. The van der Waals surface area contributed by atoms with E-state index in [0.717, 1.165) is 6.54 Å². The van der Waals surface area contributed by atoms with Gasteiger partial charge in [0.2, 0.25) is 0 Å². The molecule has 0 aromatic carbocycles. The maximum Gasteiger partial charge on any atom is 0.0171 e. The van der Waals surface area contributed by atoms with E-state index in [2.05, 4.69) is 52.0 Å². The zero-order chi connectivity index (χ0) is 9.07. The van der Waals surface area contributed by atoms with Crippen LogP contribution in [0.15, 0.2) is 0 Å². The first-order valence-corrected chi connectivity index (χ1v) is 4.23. The fourth-order valence-corrected chi connectivity index (χ4v) is 1.33. The molecule has 0 aromatic rings. The second-order valence-corrected chi connectivity index (χ2v) is 4.56. The molecule has 1 atom stereocenters. The van der Waals surface area contributed by atoms with Gasteiger partial charge in [-0.15, -0.1) is 0 Å². The Morgan fingerprint density at radius 2 is 1.73 bits per heavy atom. The summed E-state index contributed by atoms with van der Waals surface area (Å²) < 4.78 is 0. The van der Waals surface area contributed by atoms with Gasteiger partial charge >= 0.3 is 0 Å². The maximum atomic E-state index is 3.51. The first-order valence-electron chi connectivity index (χ1n) is 4.23. The van der Waals surface area contributed by atoms with Crippen molar-refractivity contribution >= 4 is 0 Å². The van der Waals surface area contributed by atoms with E-state index in [0.29, 0.717) is 6.04 Å².